The second-order valence-corrected chi connectivity index (χ2v) is 33.4. The second-order valence-electron chi connectivity index (χ2n) is 27.5. The van der Waals surface area contributed by atoms with Gasteiger partial charge in [0, 0.05) is 85.9 Å². The quantitative estimate of drug-likeness (QED) is 0.0134. The van der Waals surface area contributed by atoms with E-state index in [1.807, 2.05) is 22.5 Å². The maximum absolute atomic E-state index is 16.8. The number of aliphatic hydroxyl groups excluding tert-OH is 1. The molecule has 5 heterocycles. The SMILES string of the molecule is CC12CCCCCC(O)NCCCCCNC(=O)C(CS(=O)(=O)O)NC(=O)C(CS(=O)(=O)O)NC(=O)C(CS(=O)(=O)O)NC(=O)CCCCCC3(C)C(=[N+](CCCCCC(=O)On4c(O)ccc4O)c4c(F)c(F)c(F)c(F)c43)C=CC=CC=C1N(CCCCCC(=O)On1c(O)ccc1O)c1ccc(S(=O)(=O)O)cc12. The number of aliphatic hydroxyl groups is 1. The number of hydrogen-bond acceptors (Lipinski definition) is 23. The summed E-state index contributed by atoms with van der Waals surface area (Å²) in [6.45, 7) is 3.35. The van der Waals surface area contributed by atoms with Crippen molar-refractivity contribution in [3.05, 3.63) is 113 Å². The third kappa shape index (κ3) is 25.0. The third-order valence-corrected chi connectivity index (χ3v) is 22.1. The number of unbranched alkanes of at least 4 members (excludes halogenated alkanes) is 4. The van der Waals surface area contributed by atoms with Gasteiger partial charge in [-0.25, -0.2) is 22.8 Å². The molecule has 3 aliphatic rings. The van der Waals surface area contributed by atoms with E-state index in [1.54, 1.807) is 17.5 Å². The Kier molecular flexibility index (Phi) is 31.3. The summed E-state index contributed by atoms with van der Waals surface area (Å²) in [6.07, 6.45) is 9.55. The minimum atomic E-state index is -5.31. The second kappa shape index (κ2) is 39.0. The molecule has 0 saturated carbocycles. The van der Waals surface area contributed by atoms with Gasteiger partial charge < -0.3 is 61.4 Å². The Labute approximate surface area is 637 Å². The molecule has 0 saturated heterocycles. The molecule has 614 valence electrons. The Hall–Kier alpha value is -9.01. The summed E-state index contributed by atoms with van der Waals surface area (Å²) < 4.78 is 206. The molecule has 4 amide bonds. The fourth-order valence-electron chi connectivity index (χ4n) is 13.5. The van der Waals surface area contributed by atoms with E-state index >= 15 is 17.6 Å². The van der Waals surface area contributed by atoms with Crippen molar-refractivity contribution in [2.24, 2.45) is 0 Å². The van der Waals surface area contributed by atoms with Gasteiger partial charge in [-0.3, -0.25) is 42.7 Å². The van der Waals surface area contributed by atoms with Gasteiger partial charge in [0.1, 0.15) is 48.2 Å². The van der Waals surface area contributed by atoms with Crippen LogP contribution < -0.4 is 41.2 Å². The van der Waals surface area contributed by atoms with Gasteiger partial charge in [0.25, 0.3) is 46.2 Å². The highest BCUT2D eigenvalue weighted by atomic mass is 32.2. The van der Waals surface area contributed by atoms with Crippen LogP contribution in [0.4, 0.5) is 28.9 Å². The molecule has 2 aromatic heterocycles. The van der Waals surface area contributed by atoms with Crippen LogP contribution in [0, 0.1) is 23.3 Å². The van der Waals surface area contributed by atoms with Crippen molar-refractivity contribution in [3.63, 3.8) is 0 Å². The zero-order valence-electron chi connectivity index (χ0n) is 60.5. The van der Waals surface area contributed by atoms with Crippen molar-refractivity contribution in [2.75, 3.05) is 48.3 Å². The molecule has 7 rings (SSSR count). The van der Waals surface area contributed by atoms with Gasteiger partial charge in [-0.15, -0.1) is 9.46 Å². The average Bonchev–Trinajstić information content (AvgIpc) is 1.56. The smallest absolute Gasteiger partial charge is 0.333 e. The summed E-state index contributed by atoms with van der Waals surface area (Å²) in [5, 5.41) is 61.9. The number of fused-ring (bicyclic) bond motifs is 6. The average molecular weight is 1650 g/mol. The number of benzene rings is 2. The van der Waals surface area contributed by atoms with Gasteiger partial charge >= 0.3 is 11.9 Å². The highest BCUT2D eigenvalue weighted by Crippen LogP contribution is 2.52. The summed E-state index contributed by atoms with van der Waals surface area (Å²) in [4.78, 5) is 91.6. The number of nitrogens with zero attached hydrogens (tertiary/aromatic N) is 4. The lowest BCUT2D eigenvalue weighted by molar-refractivity contribution is -0.441. The summed E-state index contributed by atoms with van der Waals surface area (Å²) in [7, 11) is -20.5. The first-order chi connectivity index (χ1) is 52.0. The van der Waals surface area contributed by atoms with Crippen LogP contribution in [-0.4, -0.2) is 201 Å². The van der Waals surface area contributed by atoms with Crippen molar-refractivity contribution >= 4 is 93.1 Å². The van der Waals surface area contributed by atoms with Crippen LogP contribution in [0.25, 0.3) is 0 Å². The lowest BCUT2D eigenvalue weighted by Crippen LogP contribution is -2.60. The molecule has 0 bridgehead atoms. The predicted octanol–water partition coefficient (Wildman–Crippen LogP) is 4.70. The number of carbonyl (C=O) groups excluding carboxylic acids is 6. The van der Waals surface area contributed by atoms with E-state index in [2.05, 4.69) is 10.6 Å². The van der Waals surface area contributed by atoms with Gasteiger partial charge in [-0.1, -0.05) is 56.8 Å². The van der Waals surface area contributed by atoms with E-state index in [-0.39, 0.29) is 109 Å². The van der Waals surface area contributed by atoms with E-state index in [0.717, 1.165) is 24.3 Å². The number of aromatic hydroxyl groups is 4. The Bertz CT molecular complexity index is 4650. The largest absolute Gasteiger partial charge is 0.492 e. The summed E-state index contributed by atoms with van der Waals surface area (Å²) >= 11 is 0. The Morgan fingerprint density at radius 1 is 0.568 bits per heavy atom. The molecule has 3 aliphatic heterocycles. The van der Waals surface area contributed by atoms with Crippen LogP contribution in [0.1, 0.15) is 160 Å². The standard InChI is InChI=1S/C69H91F4N9O25S4/c1-68-33-15-4-11-23-51(83)74-35-17-8-18-36-75-65(91)45(40-108(94,95)96)77-67(93)47(42-110(100,101)102)78-66(92)46(41-109(97,98)99)76-52(84)24-12-5-16-34-69(2)50(80(64-59(69)60(70)61(71)62(72)63(64)73)38-20-7-14-26-58(90)107-82-55(87)31-32-56(82)88)22-10-3-9-21-49(68)79(48-28-27-43(39-44(48)68)111(103,104)105)37-19-6-13-25-57(89)106-81-53(85)29-30-54(81)86/h3,9-10,21-22,27-32,39,45-47,51,74,83H,4-8,11-20,23-26,33-38,40-42H2,1-2H3,(H11-,75,76,77,78,84,85,86,87,88,91,92,93,94,95,96,97,98,99,100,101,102,103,104,105)/p+1. The molecule has 2 aromatic carbocycles. The molecular formula is C69H92F4N9O25S4+. The van der Waals surface area contributed by atoms with Crippen molar-refractivity contribution in [3.8, 4) is 23.5 Å². The summed E-state index contributed by atoms with van der Waals surface area (Å²) in [5.41, 5.74) is -2.47. The van der Waals surface area contributed by atoms with Crippen molar-refractivity contribution in [2.45, 2.75) is 189 Å². The monoisotopic (exact) mass is 1650 g/mol. The first kappa shape index (κ1) is 89.2. The lowest BCUT2D eigenvalue weighted by Gasteiger charge is -2.30. The lowest BCUT2D eigenvalue weighted by atomic mass is 9.74. The first-order valence-electron chi connectivity index (χ1n) is 35.6. The van der Waals surface area contributed by atoms with Gasteiger partial charge in [0.15, 0.2) is 17.3 Å². The molecule has 0 fully saturated rings. The maximum Gasteiger partial charge on any atom is 0.333 e. The molecule has 14 N–H and O–H groups in total. The van der Waals surface area contributed by atoms with Crippen LogP contribution >= 0.6 is 0 Å². The van der Waals surface area contributed by atoms with Gasteiger partial charge in [0.05, 0.1) is 15.9 Å². The molecule has 34 nitrogen and oxygen atoms in total. The number of anilines is 1. The normalized spacial score (nSPS) is 21.9. The molecule has 0 spiro atoms. The fraction of sp³-hybridized carbons (Fsp3) is 0.522. The molecule has 0 radical (unpaired) electrons. The number of hydrogen-bond donors (Lipinski definition) is 14. The summed E-state index contributed by atoms with van der Waals surface area (Å²) in [6, 6.07) is 1.39. The van der Waals surface area contributed by atoms with E-state index in [4.69, 9.17) is 9.68 Å². The van der Waals surface area contributed by atoms with Crippen LogP contribution in [0.15, 0.2) is 83.4 Å². The van der Waals surface area contributed by atoms with Crippen molar-refractivity contribution in [1.82, 2.24) is 36.0 Å². The number of rotatable bonds is 21. The molecule has 111 heavy (non-hydrogen) atoms. The molecule has 6 unspecified atom stereocenters. The zero-order chi connectivity index (χ0) is 82.0. The predicted molar refractivity (Wildman–Crippen MR) is 388 cm³/mol. The van der Waals surface area contributed by atoms with Crippen LogP contribution in [0.5, 0.6) is 23.5 Å². The van der Waals surface area contributed by atoms with Crippen LogP contribution in [0.3, 0.4) is 0 Å². The molecule has 42 heteroatoms. The van der Waals surface area contributed by atoms with E-state index in [9.17, 15) is 106 Å². The highest BCUT2D eigenvalue weighted by molar-refractivity contribution is 7.86. The molecular weight excluding hydrogens is 1560 g/mol. The minimum absolute atomic E-state index is 0.0322. The molecule has 0 aliphatic carbocycles. The van der Waals surface area contributed by atoms with Gasteiger partial charge in [0.2, 0.25) is 58.8 Å². The van der Waals surface area contributed by atoms with Crippen molar-refractivity contribution < 1.29 is 138 Å². The number of nitrogens with one attached hydrogen (secondary N) is 5. The van der Waals surface area contributed by atoms with E-state index in [1.165, 1.54) is 47.9 Å². The van der Waals surface area contributed by atoms with E-state index < -0.39 is 198 Å². The first-order valence-corrected chi connectivity index (χ1v) is 41.8. The Balaban J connectivity index is 1.26. The zero-order valence-corrected chi connectivity index (χ0v) is 63.8. The van der Waals surface area contributed by atoms with Gasteiger partial charge in [-0.2, -0.15) is 42.6 Å². The number of amides is 4. The van der Waals surface area contributed by atoms with E-state index in [0.29, 0.717) is 77.8 Å². The summed E-state index contributed by atoms with van der Waals surface area (Å²) in [5.74, 6) is -22.4. The molecule has 4 aromatic rings. The van der Waals surface area contributed by atoms with Crippen molar-refractivity contribution in [1.29, 1.82) is 0 Å². The number of halogens is 4. The minimum Gasteiger partial charge on any atom is -0.492 e. The topological polar surface area (TPSA) is 516 Å². The number of carbonyl (C=O) groups is 6. The van der Waals surface area contributed by atoms with Crippen LogP contribution in [0.2, 0.25) is 0 Å². The number of aromatic nitrogens is 2. The molecule has 6 atom stereocenters. The third-order valence-electron chi connectivity index (χ3n) is 19.0. The van der Waals surface area contributed by atoms with Gasteiger partial charge in [-0.05, 0) is 121 Å². The Morgan fingerprint density at radius 3 is 1.63 bits per heavy atom. The highest BCUT2D eigenvalue weighted by Gasteiger charge is 2.53. The van der Waals surface area contributed by atoms with Crippen LogP contribution in [-0.2, 0) is 80.1 Å². The maximum atomic E-state index is 16.8. The fourth-order valence-corrected chi connectivity index (χ4v) is 16.0. The number of allylic oxidation sites excluding steroid dienone is 6. The Morgan fingerprint density at radius 2 is 1.07 bits per heavy atom.